The molecule has 2 aromatic rings. The van der Waals surface area contributed by atoms with E-state index in [-0.39, 0.29) is 0 Å². The molecule has 0 saturated carbocycles. The second-order valence-corrected chi connectivity index (χ2v) is 4.48. The lowest BCUT2D eigenvalue weighted by Crippen LogP contribution is -2.06. The van der Waals surface area contributed by atoms with Gasteiger partial charge in [0, 0.05) is 11.8 Å². The van der Waals surface area contributed by atoms with Crippen molar-refractivity contribution in [3.05, 3.63) is 59.7 Å². The molecule has 2 aromatic carbocycles. The number of rotatable bonds is 2. The summed E-state index contributed by atoms with van der Waals surface area (Å²) in [5.41, 5.74) is 3.80. The van der Waals surface area contributed by atoms with E-state index in [2.05, 4.69) is 29.6 Å². The molecule has 1 aliphatic rings. The summed E-state index contributed by atoms with van der Waals surface area (Å²) in [5, 5.41) is 12.9. The first kappa shape index (κ1) is 10.2. The fourth-order valence-corrected chi connectivity index (χ4v) is 2.50. The minimum atomic E-state index is 0.307. The molecular weight excluding hydrogens is 210 g/mol. The van der Waals surface area contributed by atoms with Gasteiger partial charge in [0.25, 0.3) is 0 Å². The summed E-state index contributed by atoms with van der Waals surface area (Å²) in [4.78, 5) is 0. The van der Waals surface area contributed by atoms with Crippen LogP contribution >= 0.6 is 0 Å². The minimum absolute atomic E-state index is 0.307. The quantitative estimate of drug-likeness (QED) is 0.820. The van der Waals surface area contributed by atoms with Crippen molar-refractivity contribution in [2.75, 3.05) is 5.32 Å². The molecule has 1 aliphatic carbocycles. The molecule has 1 unspecified atom stereocenters. The van der Waals surface area contributed by atoms with Crippen LogP contribution in [0, 0.1) is 0 Å². The third kappa shape index (κ3) is 1.98. The van der Waals surface area contributed by atoms with Crippen LogP contribution in [0.15, 0.2) is 48.5 Å². The normalized spacial score (nSPS) is 17.8. The number of fused-ring (bicyclic) bond motifs is 1. The lowest BCUT2D eigenvalue weighted by molar-refractivity contribution is 0.475. The standard InChI is InChI=1S/C15H15NO/c17-13-6-3-5-12(10-13)16-15-9-8-11-4-1-2-7-14(11)15/h1-7,10,15-17H,8-9H2. The van der Waals surface area contributed by atoms with Crippen molar-refractivity contribution in [2.45, 2.75) is 18.9 Å². The van der Waals surface area contributed by atoms with E-state index < -0.39 is 0 Å². The minimum Gasteiger partial charge on any atom is -0.508 e. The van der Waals surface area contributed by atoms with Crippen LogP contribution in [-0.2, 0) is 6.42 Å². The zero-order valence-corrected chi connectivity index (χ0v) is 9.56. The topological polar surface area (TPSA) is 32.3 Å². The maximum Gasteiger partial charge on any atom is 0.117 e. The SMILES string of the molecule is Oc1cccc(NC2CCc3ccccc32)c1. The van der Waals surface area contributed by atoms with Crippen LogP contribution < -0.4 is 5.32 Å². The first-order chi connectivity index (χ1) is 8.33. The molecule has 0 heterocycles. The summed E-state index contributed by atoms with van der Waals surface area (Å²) in [7, 11) is 0. The summed E-state index contributed by atoms with van der Waals surface area (Å²) < 4.78 is 0. The second-order valence-electron chi connectivity index (χ2n) is 4.48. The molecule has 0 spiro atoms. The summed E-state index contributed by atoms with van der Waals surface area (Å²) in [6.07, 6.45) is 2.25. The number of benzene rings is 2. The highest BCUT2D eigenvalue weighted by Gasteiger charge is 2.21. The van der Waals surface area contributed by atoms with E-state index in [1.165, 1.54) is 11.1 Å². The highest BCUT2D eigenvalue weighted by Crippen LogP contribution is 2.33. The van der Waals surface area contributed by atoms with Crippen LogP contribution in [0.3, 0.4) is 0 Å². The van der Waals surface area contributed by atoms with Gasteiger partial charge in [-0.15, -0.1) is 0 Å². The van der Waals surface area contributed by atoms with Gasteiger partial charge in [-0.1, -0.05) is 30.3 Å². The summed E-state index contributed by atoms with van der Waals surface area (Å²) in [5.74, 6) is 0.307. The molecule has 2 N–H and O–H groups in total. The van der Waals surface area contributed by atoms with Crippen LogP contribution in [0.1, 0.15) is 23.6 Å². The van der Waals surface area contributed by atoms with Crippen molar-refractivity contribution in [1.82, 2.24) is 0 Å². The Bertz CT molecular complexity index is 536. The molecule has 3 rings (SSSR count). The number of hydrogen-bond donors (Lipinski definition) is 2. The largest absolute Gasteiger partial charge is 0.508 e. The summed E-state index contributed by atoms with van der Waals surface area (Å²) in [6, 6.07) is 16.2. The zero-order valence-electron chi connectivity index (χ0n) is 9.56. The number of aromatic hydroxyl groups is 1. The number of hydrogen-bond acceptors (Lipinski definition) is 2. The average molecular weight is 225 g/mol. The van der Waals surface area contributed by atoms with Crippen molar-refractivity contribution < 1.29 is 5.11 Å². The van der Waals surface area contributed by atoms with Gasteiger partial charge >= 0.3 is 0 Å². The molecular formula is C15H15NO. The molecule has 0 amide bonds. The van der Waals surface area contributed by atoms with E-state index in [0.717, 1.165) is 18.5 Å². The summed E-state index contributed by atoms with van der Waals surface area (Å²) in [6.45, 7) is 0. The molecule has 86 valence electrons. The molecule has 0 aliphatic heterocycles. The molecule has 0 aromatic heterocycles. The molecule has 2 heteroatoms. The van der Waals surface area contributed by atoms with Gasteiger partial charge in [0.1, 0.15) is 5.75 Å². The smallest absolute Gasteiger partial charge is 0.117 e. The Kier molecular flexibility index (Phi) is 2.48. The maximum atomic E-state index is 9.44. The van der Waals surface area contributed by atoms with Gasteiger partial charge < -0.3 is 10.4 Å². The average Bonchev–Trinajstić information content (AvgIpc) is 2.73. The van der Waals surface area contributed by atoms with E-state index in [1.54, 1.807) is 12.1 Å². The highest BCUT2D eigenvalue weighted by molar-refractivity contribution is 5.51. The predicted molar refractivity (Wildman–Crippen MR) is 69.2 cm³/mol. The molecule has 0 bridgehead atoms. The fourth-order valence-electron chi connectivity index (χ4n) is 2.50. The van der Waals surface area contributed by atoms with Crippen molar-refractivity contribution in [1.29, 1.82) is 0 Å². The van der Waals surface area contributed by atoms with Crippen molar-refractivity contribution >= 4 is 5.69 Å². The number of phenols is 1. The first-order valence-electron chi connectivity index (χ1n) is 5.96. The lowest BCUT2D eigenvalue weighted by atomic mass is 10.1. The third-order valence-corrected chi connectivity index (χ3v) is 3.32. The van der Waals surface area contributed by atoms with E-state index in [9.17, 15) is 5.11 Å². The fraction of sp³-hybridized carbons (Fsp3) is 0.200. The first-order valence-corrected chi connectivity index (χ1v) is 5.96. The van der Waals surface area contributed by atoms with Crippen LogP contribution in [0.2, 0.25) is 0 Å². The van der Waals surface area contributed by atoms with E-state index in [4.69, 9.17) is 0 Å². The molecule has 1 atom stereocenters. The Morgan fingerprint density at radius 1 is 1.06 bits per heavy atom. The number of aryl methyl sites for hydroxylation is 1. The maximum absolute atomic E-state index is 9.44. The molecule has 2 nitrogen and oxygen atoms in total. The van der Waals surface area contributed by atoms with Crippen molar-refractivity contribution in [2.24, 2.45) is 0 Å². The van der Waals surface area contributed by atoms with Gasteiger partial charge in [-0.25, -0.2) is 0 Å². The van der Waals surface area contributed by atoms with E-state index in [0.29, 0.717) is 11.8 Å². The Morgan fingerprint density at radius 2 is 1.94 bits per heavy atom. The van der Waals surface area contributed by atoms with Crippen LogP contribution in [0.5, 0.6) is 5.75 Å². The van der Waals surface area contributed by atoms with Crippen LogP contribution in [0.25, 0.3) is 0 Å². The number of nitrogens with one attached hydrogen (secondary N) is 1. The Balaban J connectivity index is 1.84. The van der Waals surface area contributed by atoms with Gasteiger partial charge in [-0.05, 0) is 36.1 Å². The van der Waals surface area contributed by atoms with Crippen LogP contribution in [-0.4, -0.2) is 5.11 Å². The number of anilines is 1. The van der Waals surface area contributed by atoms with Crippen LogP contribution in [0.4, 0.5) is 5.69 Å². The van der Waals surface area contributed by atoms with Gasteiger partial charge in [-0.2, -0.15) is 0 Å². The molecule has 0 saturated heterocycles. The van der Waals surface area contributed by atoms with E-state index in [1.807, 2.05) is 12.1 Å². The Labute approximate surface area is 101 Å². The summed E-state index contributed by atoms with van der Waals surface area (Å²) >= 11 is 0. The van der Waals surface area contributed by atoms with Crippen molar-refractivity contribution in [3.8, 4) is 5.75 Å². The molecule has 0 fully saturated rings. The number of phenolic OH excluding ortho intramolecular Hbond substituents is 1. The molecule has 0 radical (unpaired) electrons. The second kappa shape index (κ2) is 4.13. The van der Waals surface area contributed by atoms with Gasteiger partial charge in [-0.3, -0.25) is 0 Å². The third-order valence-electron chi connectivity index (χ3n) is 3.32. The van der Waals surface area contributed by atoms with Gasteiger partial charge in [0.2, 0.25) is 0 Å². The monoisotopic (exact) mass is 225 g/mol. The van der Waals surface area contributed by atoms with Crippen molar-refractivity contribution in [3.63, 3.8) is 0 Å². The lowest BCUT2D eigenvalue weighted by Gasteiger charge is -2.15. The predicted octanol–water partition coefficient (Wildman–Crippen LogP) is 3.49. The highest BCUT2D eigenvalue weighted by atomic mass is 16.3. The Morgan fingerprint density at radius 3 is 2.82 bits per heavy atom. The van der Waals surface area contributed by atoms with Gasteiger partial charge in [0.05, 0.1) is 6.04 Å². The van der Waals surface area contributed by atoms with Gasteiger partial charge in [0.15, 0.2) is 0 Å². The molecule has 17 heavy (non-hydrogen) atoms. The Hall–Kier alpha value is -1.96. The van der Waals surface area contributed by atoms with E-state index >= 15 is 0 Å². The zero-order chi connectivity index (χ0) is 11.7.